The van der Waals surface area contributed by atoms with E-state index >= 15 is 0 Å². The Kier molecular flexibility index (Phi) is 3.01. The molecule has 0 unspecified atom stereocenters. The number of carbonyl (C=O) groups is 1. The van der Waals surface area contributed by atoms with Gasteiger partial charge in [0.15, 0.2) is 0 Å². The van der Waals surface area contributed by atoms with E-state index < -0.39 is 5.97 Å². The zero-order valence-corrected chi connectivity index (χ0v) is 9.81. The van der Waals surface area contributed by atoms with Crippen LogP contribution in [0.1, 0.15) is 10.4 Å². The van der Waals surface area contributed by atoms with E-state index in [-0.39, 0.29) is 11.4 Å². The van der Waals surface area contributed by atoms with Gasteiger partial charge >= 0.3 is 5.97 Å². The van der Waals surface area contributed by atoms with E-state index in [9.17, 15) is 4.79 Å². The van der Waals surface area contributed by atoms with Crippen molar-refractivity contribution in [1.82, 2.24) is 9.78 Å². The van der Waals surface area contributed by atoms with Crippen molar-refractivity contribution in [3.8, 4) is 5.75 Å². The fourth-order valence-electron chi connectivity index (χ4n) is 1.29. The number of hydrogen-bond acceptors (Lipinski definition) is 4. The summed E-state index contributed by atoms with van der Waals surface area (Å²) in [6.45, 7) is 0. The van der Waals surface area contributed by atoms with Crippen molar-refractivity contribution in [2.45, 2.75) is 0 Å². The highest BCUT2D eigenvalue weighted by molar-refractivity contribution is 6.32. The van der Waals surface area contributed by atoms with Gasteiger partial charge in [-0.3, -0.25) is 4.68 Å². The Labute approximate surface area is 103 Å². The third-order valence-electron chi connectivity index (χ3n) is 2.24. The maximum absolute atomic E-state index is 11.8. The number of esters is 1. The van der Waals surface area contributed by atoms with E-state index in [1.54, 1.807) is 31.3 Å². The first-order valence-electron chi connectivity index (χ1n) is 4.84. The summed E-state index contributed by atoms with van der Waals surface area (Å²) < 4.78 is 6.51. The molecule has 1 aromatic carbocycles. The molecule has 0 aliphatic rings. The van der Waals surface area contributed by atoms with Crippen LogP contribution < -0.4 is 10.5 Å². The molecule has 5 nitrogen and oxygen atoms in total. The van der Waals surface area contributed by atoms with Gasteiger partial charge in [-0.25, -0.2) is 4.79 Å². The number of nitrogen functional groups attached to an aromatic ring is 1. The van der Waals surface area contributed by atoms with Crippen molar-refractivity contribution in [3.63, 3.8) is 0 Å². The third-order valence-corrected chi connectivity index (χ3v) is 2.56. The molecule has 2 aromatic rings. The topological polar surface area (TPSA) is 70.1 Å². The van der Waals surface area contributed by atoms with E-state index in [1.807, 2.05) is 0 Å². The second-order valence-electron chi connectivity index (χ2n) is 3.39. The van der Waals surface area contributed by atoms with Crippen molar-refractivity contribution in [2.75, 3.05) is 5.73 Å². The number of anilines is 1. The lowest BCUT2D eigenvalue weighted by atomic mass is 10.3. The number of nitrogens with zero attached hydrogens (tertiary/aromatic N) is 2. The zero-order valence-electron chi connectivity index (χ0n) is 9.05. The standard InChI is InChI=1S/C11H10ClN3O2/c1-15-10(13)7(6-14-15)11(16)17-9-5-3-2-4-8(9)12/h2-6H,13H2,1H3. The van der Waals surface area contributed by atoms with Gasteiger partial charge in [0.05, 0.1) is 11.2 Å². The number of carbonyl (C=O) groups excluding carboxylic acids is 1. The van der Waals surface area contributed by atoms with Crippen molar-refractivity contribution in [1.29, 1.82) is 0 Å². The van der Waals surface area contributed by atoms with Crippen molar-refractivity contribution in [2.24, 2.45) is 7.05 Å². The van der Waals surface area contributed by atoms with Gasteiger partial charge in [0.1, 0.15) is 17.1 Å². The van der Waals surface area contributed by atoms with Crippen LogP contribution in [0.2, 0.25) is 5.02 Å². The first-order valence-corrected chi connectivity index (χ1v) is 5.21. The van der Waals surface area contributed by atoms with Gasteiger partial charge in [-0.15, -0.1) is 0 Å². The molecule has 0 bridgehead atoms. The van der Waals surface area contributed by atoms with Crippen LogP contribution in [0.15, 0.2) is 30.5 Å². The van der Waals surface area contributed by atoms with Crippen molar-refractivity contribution in [3.05, 3.63) is 41.0 Å². The molecule has 88 valence electrons. The Balaban J connectivity index is 2.23. The van der Waals surface area contributed by atoms with Gasteiger partial charge in [-0.2, -0.15) is 5.10 Å². The summed E-state index contributed by atoms with van der Waals surface area (Å²) in [6.07, 6.45) is 1.36. The van der Waals surface area contributed by atoms with Crippen LogP contribution in [-0.4, -0.2) is 15.7 Å². The predicted molar refractivity (Wildman–Crippen MR) is 64.0 cm³/mol. The number of nitrogens with two attached hydrogens (primary N) is 1. The summed E-state index contributed by atoms with van der Waals surface area (Å²) in [5.41, 5.74) is 5.88. The Morgan fingerprint density at radius 3 is 2.76 bits per heavy atom. The van der Waals surface area contributed by atoms with Crippen molar-refractivity contribution >= 4 is 23.4 Å². The molecular weight excluding hydrogens is 242 g/mol. The smallest absolute Gasteiger partial charge is 0.348 e. The monoisotopic (exact) mass is 251 g/mol. The molecule has 0 spiro atoms. The van der Waals surface area contributed by atoms with Crippen LogP contribution >= 0.6 is 11.6 Å². The van der Waals surface area contributed by atoms with Crippen LogP contribution in [0.3, 0.4) is 0 Å². The van der Waals surface area contributed by atoms with Crippen LogP contribution in [-0.2, 0) is 7.05 Å². The first kappa shape index (κ1) is 11.5. The minimum atomic E-state index is -0.580. The Morgan fingerprint density at radius 2 is 2.18 bits per heavy atom. The minimum Gasteiger partial charge on any atom is -0.421 e. The van der Waals surface area contributed by atoms with Gasteiger partial charge in [-0.05, 0) is 12.1 Å². The van der Waals surface area contributed by atoms with Gasteiger partial charge in [0, 0.05) is 7.05 Å². The summed E-state index contributed by atoms with van der Waals surface area (Å²) in [4.78, 5) is 11.8. The highest BCUT2D eigenvalue weighted by Crippen LogP contribution is 2.24. The average molecular weight is 252 g/mol. The molecule has 2 N–H and O–H groups in total. The maximum atomic E-state index is 11.8. The largest absolute Gasteiger partial charge is 0.421 e. The van der Waals surface area contributed by atoms with E-state index in [0.717, 1.165) is 0 Å². The van der Waals surface area contributed by atoms with Crippen LogP contribution in [0.5, 0.6) is 5.75 Å². The Morgan fingerprint density at radius 1 is 1.47 bits per heavy atom. The highest BCUT2D eigenvalue weighted by Gasteiger charge is 2.16. The van der Waals surface area contributed by atoms with E-state index in [2.05, 4.69) is 5.10 Å². The number of halogens is 1. The summed E-state index contributed by atoms with van der Waals surface area (Å²) in [5.74, 6) is -0.0341. The minimum absolute atomic E-state index is 0.215. The summed E-state index contributed by atoms with van der Waals surface area (Å²) in [7, 11) is 1.64. The number of aromatic nitrogens is 2. The summed E-state index contributed by atoms with van der Waals surface area (Å²) in [5, 5.41) is 4.22. The van der Waals surface area contributed by atoms with E-state index in [0.29, 0.717) is 10.8 Å². The van der Waals surface area contributed by atoms with Crippen LogP contribution in [0, 0.1) is 0 Å². The molecule has 0 atom stereocenters. The molecule has 17 heavy (non-hydrogen) atoms. The Bertz CT molecular complexity index is 566. The molecule has 0 radical (unpaired) electrons. The highest BCUT2D eigenvalue weighted by atomic mass is 35.5. The van der Waals surface area contributed by atoms with Gasteiger partial charge in [0.2, 0.25) is 0 Å². The quantitative estimate of drug-likeness (QED) is 0.653. The lowest BCUT2D eigenvalue weighted by molar-refractivity contribution is 0.0736. The van der Waals surface area contributed by atoms with Crippen LogP contribution in [0.25, 0.3) is 0 Å². The molecule has 2 rings (SSSR count). The van der Waals surface area contributed by atoms with Gasteiger partial charge in [-0.1, -0.05) is 23.7 Å². The van der Waals surface area contributed by atoms with E-state index in [1.165, 1.54) is 10.9 Å². The number of benzene rings is 1. The molecule has 1 heterocycles. The maximum Gasteiger partial charge on any atom is 0.348 e. The summed E-state index contributed by atoms with van der Waals surface area (Å²) >= 11 is 5.87. The first-order chi connectivity index (χ1) is 8.09. The molecule has 0 saturated carbocycles. The molecule has 0 aliphatic carbocycles. The normalized spacial score (nSPS) is 10.2. The number of aryl methyl sites for hydroxylation is 1. The molecule has 0 amide bonds. The zero-order chi connectivity index (χ0) is 12.4. The number of hydrogen-bond donors (Lipinski definition) is 1. The number of ether oxygens (including phenoxy) is 1. The number of para-hydroxylation sites is 1. The molecule has 0 aliphatic heterocycles. The molecular formula is C11H10ClN3O2. The fourth-order valence-corrected chi connectivity index (χ4v) is 1.46. The lowest BCUT2D eigenvalue weighted by Gasteiger charge is -2.05. The van der Waals surface area contributed by atoms with Crippen molar-refractivity contribution < 1.29 is 9.53 Å². The summed E-state index contributed by atoms with van der Waals surface area (Å²) in [6, 6.07) is 6.71. The molecule has 1 aromatic heterocycles. The van der Waals surface area contributed by atoms with Gasteiger partial charge in [0.25, 0.3) is 0 Å². The molecule has 6 heteroatoms. The van der Waals surface area contributed by atoms with E-state index in [4.69, 9.17) is 22.1 Å². The fraction of sp³-hybridized carbons (Fsp3) is 0.0909. The second kappa shape index (κ2) is 4.47. The Hall–Kier alpha value is -2.01. The molecule has 0 fully saturated rings. The third kappa shape index (κ3) is 2.24. The van der Waals surface area contributed by atoms with Crippen LogP contribution in [0.4, 0.5) is 5.82 Å². The van der Waals surface area contributed by atoms with Gasteiger partial charge < -0.3 is 10.5 Å². The average Bonchev–Trinajstić information content (AvgIpc) is 2.63. The lowest BCUT2D eigenvalue weighted by Crippen LogP contribution is -2.11. The SMILES string of the molecule is Cn1ncc(C(=O)Oc2ccccc2Cl)c1N. The molecule has 0 saturated heterocycles. The predicted octanol–water partition coefficient (Wildman–Crippen LogP) is 1.87. The number of rotatable bonds is 2. The second-order valence-corrected chi connectivity index (χ2v) is 3.79.